The number of rotatable bonds is 1. The Morgan fingerprint density at radius 2 is 2.18 bits per heavy atom. The van der Waals surface area contributed by atoms with Gasteiger partial charge in [0.25, 0.3) is 0 Å². The first-order chi connectivity index (χ1) is 7.85. The van der Waals surface area contributed by atoms with Crippen molar-refractivity contribution in [1.82, 2.24) is 4.31 Å². The molecule has 0 saturated carbocycles. The van der Waals surface area contributed by atoms with E-state index in [4.69, 9.17) is 17.3 Å². The summed E-state index contributed by atoms with van der Waals surface area (Å²) in [5.74, 6) is -0.679. The first-order valence-electron chi connectivity index (χ1n) is 4.90. The molecule has 1 aromatic rings. The first kappa shape index (κ1) is 12.3. The maximum Gasteiger partial charge on any atom is 0.243 e. The molecule has 0 aliphatic carbocycles. The van der Waals surface area contributed by atoms with E-state index < -0.39 is 22.0 Å². The van der Waals surface area contributed by atoms with E-state index in [0.29, 0.717) is 10.6 Å². The molecule has 1 unspecified atom stereocenters. The van der Waals surface area contributed by atoms with Crippen LogP contribution < -0.4 is 5.73 Å². The molecule has 0 spiro atoms. The topological polar surface area (TPSA) is 80.5 Å². The van der Waals surface area contributed by atoms with Crippen molar-refractivity contribution >= 4 is 27.5 Å². The van der Waals surface area contributed by atoms with Gasteiger partial charge >= 0.3 is 0 Å². The predicted octanol–water partition coefficient (Wildman–Crippen LogP) is 0.371. The Kier molecular flexibility index (Phi) is 2.89. The lowest BCUT2D eigenvalue weighted by Crippen LogP contribution is -2.49. The molecule has 5 nitrogen and oxygen atoms in total. The summed E-state index contributed by atoms with van der Waals surface area (Å²) in [5, 5.41) is 0.338. The van der Waals surface area contributed by atoms with Crippen molar-refractivity contribution in [3.63, 3.8) is 0 Å². The quantitative estimate of drug-likeness (QED) is 0.803. The number of amides is 1. The highest BCUT2D eigenvalue weighted by Gasteiger charge is 2.39. The van der Waals surface area contributed by atoms with Gasteiger partial charge in [0.15, 0.2) is 0 Å². The van der Waals surface area contributed by atoms with Gasteiger partial charge in [-0.15, -0.1) is 0 Å². The molecule has 1 aliphatic rings. The van der Waals surface area contributed by atoms with E-state index in [-0.39, 0.29) is 11.3 Å². The molecular formula is C10H11ClN2O3S. The number of likely N-dealkylation sites (N-methyl/N-ethyl adjacent to an activating group) is 1. The van der Waals surface area contributed by atoms with Crippen LogP contribution in [0.3, 0.4) is 0 Å². The number of carbonyl (C=O) groups is 1. The van der Waals surface area contributed by atoms with Crippen LogP contribution in [0.25, 0.3) is 0 Å². The van der Waals surface area contributed by atoms with Gasteiger partial charge in [0.05, 0.1) is 4.90 Å². The average molecular weight is 275 g/mol. The lowest BCUT2D eigenvalue weighted by Gasteiger charge is -2.31. The summed E-state index contributed by atoms with van der Waals surface area (Å²) in [4.78, 5) is 11.4. The molecule has 92 valence electrons. The minimum absolute atomic E-state index is 0.144. The maximum absolute atomic E-state index is 12.1. The molecule has 1 aromatic carbocycles. The Morgan fingerprint density at radius 3 is 2.76 bits per heavy atom. The number of halogens is 1. The van der Waals surface area contributed by atoms with Gasteiger partial charge in [-0.1, -0.05) is 17.7 Å². The zero-order chi connectivity index (χ0) is 12.8. The zero-order valence-corrected chi connectivity index (χ0v) is 10.6. The molecule has 0 radical (unpaired) electrons. The summed E-state index contributed by atoms with van der Waals surface area (Å²) in [5.41, 5.74) is 5.65. The molecule has 2 rings (SSSR count). The molecule has 7 heteroatoms. The van der Waals surface area contributed by atoms with Crippen LogP contribution >= 0.6 is 11.6 Å². The number of sulfonamides is 1. The Labute approximate surface area is 104 Å². The lowest BCUT2D eigenvalue weighted by molar-refractivity contribution is -0.121. The van der Waals surface area contributed by atoms with Crippen molar-refractivity contribution in [1.29, 1.82) is 0 Å². The smallest absolute Gasteiger partial charge is 0.243 e. The van der Waals surface area contributed by atoms with E-state index in [1.807, 2.05) is 0 Å². The largest absolute Gasteiger partial charge is 0.368 e. The maximum atomic E-state index is 12.1. The van der Waals surface area contributed by atoms with Crippen LogP contribution in [0.5, 0.6) is 0 Å². The van der Waals surface area contributed by atoms with E-state index in [9.17, 15) is 13.2 Å². The molecular weight excluding hydrogens is 264 g/mol. The number of fused-ring (bicyclic) bond motifs is 1. The molecule has 0 saturated heterocycles. The van der Waals surface area contributed by atoms with Crippen LogP contribution in [-0.2, 0) is 21.2 Å². The normalized spacial score (nSPS) is 23.1. The summed E-state index contributed by atoms with van der Waals surface area (Å²) in [6.07, 6.45) is 0.208. The minimum Gasteiger partial charge on any atom is -0.368 e. The molecule has 0 fully saturated rings. The molecule has 0 bridgehead atoms. The highest BCUT2D eigenvalue weighted by Crippen LogP contribution is 2.33. The number of primary amides is 1. The van der Waals surface area contributed by atoms with Gasteiger partial charge < -0.3 is 5.73 Å². The fourth-order valence-corrected chi connectivity index (χ4v) is 3.79. The molecule has 0 aromatic heterocycles. The fourth-order valence-electron chi connectivity index (χ4n) is 1.90. The van der Waals surface area contributed by atoms with E-state index in [1.54, 1.807) is 12.1 Å². The van der Waals surface area contributed by atoms with Crippen LogP contribution in [0.2, 0.25) is 5.02 Å². The van der Waals surface area contributed by atoms with Gasteiger partial charge in [0.2, 0.25) is 15.9 Å². The first-order valence-corrected chi connectivity index (χ1v) is 6.72. The Hall–Kier alpha value is -1.11. The number of nitrogens with zero attached hydrogens (tertiary/aromatic N) is 1. The van der Waals surface area contributed by atoms with Crippen molar-refractivity contribution < 1.29 is 13.2 Å². The number of hydrogen-bond acceptors (Lipinski definition) is 3. The minimum atomic E-state index is -3.69. The number of hydrogen-bond donors (Lipinski definition) is 1. The second-order valence-electron chi connectivity index (χ2n) is 3.86. The van der Waals surface area contributed by atoms with Crippen molar-refractivity contribution in [2.75, 3.05) is 7.05 Å². The summed E-state index contributed by atoms with van der Waals surface area (Å²) < 4.78 is 25.3. The van der Waals surface area contributed by atoms with Crippen molar-refractivity contribution in [2.45, 2.75) is 17.4 Å². The zero-order valence-electron chi connectivity index (χ0n) is 9.05. The Balaban J connectivity index is 2.68. The monoisotopic (exact) mass is 274 g/mol. The third kappa shape index (κ3) is 1.82. The standard InChI is InChI=1S/C10H11ClN2O3S/c1-13-8(10(12)14)5-6-7(11)3-2-4-9(6)17(13,15)16/h2-4,8H,5H2,1H3,(H2,12,14). The highest BCUT2D eigenvalue weighted by atomic mass is 35.5. The molecule has 1 aliphatic heterocycles. The molecule has 17 heavy (non-hydrogen) atoms. The van der Waals surface area contributed by atoms with Crippen LogP contribution in [-0.4, -0.2) is 31.7 Å². The fraction of sp³-hybridized carbons (Fsp3) is 0.300. The van der Waals surface area contributed by atoms with Crippen molar-refractivity contribution in [3.05, 3.63) is 28.8 Å². The molecule has 1 heterocycles. The van der Waals surface area contributed by atoms with E-state index in [1.165, 1.54) is 13.1 Å². The van der Waals surface area contributed by atoms with Gasteiger partial charge in [0, 0.05) is 18.5 Å². The van der Waals surface area contributed by atoms with Crippen molar-refractivity contribution in [3.8, 4) is 0 Å². The van der Waals surface area contributed by atoms with Gasteiger partial charge in [-0.05, 0) is 17.7 Å². The lowest BCUT2D eigenvalue weighted by atomic mass is 10.1. The van der Waals surface area contributed by atoms with E-state index in [0.717, 1.165) is 4.31 Å². The average Bonchev–Trinajstić information content (AvgIpc) is 2.24. The van der Waals surface area contributed by atoms with E-state index >= 15 is 0 Å². The SMILES string of the molecule is CN1C(C(N)=O)Cc2c(Cl)cccc2S1(=O)=O. The third-order valence-electron chi connectivity index (χ3n) is 2.90. The number of carbonyl (C=O) groups excluding carboxylic acids is 1. The van der Waals surface area contributed by atoms with Crippen LogP contribution in [0.1, 0.15) is 5.56 Å². The molecule has 1 amide bonds. The summed E-state index contributed by atoms with van der Waals surface area (Å²) in [6.45, 7) is 0. The van der Waals surface area contributed by atoms with Crippen LogP contribution in [0, 0.1) is 0 Å². The summed E-state index contributed by atoms with van der Waals surface area (Å²) in [6, 6.07) is 3.76. The number of nitrogens with two attached hydrogens (primary N) is 1. The van der Waals surface area contributed by atoms with E-state index in [2.05, 4.69) is 0 Å². The van der Waals surface area contributed by atoms with Gasteiger partial charge in [-0.2, -0.15) is 4.31 Å². The molecule has 1 atom stereocenters. The van der Waals surface area contributed by atoms with Crippen LogP contribution in [0.15, 0.2) is 23.1 Å². The second-order valence-corrected chi connectivity index (χ2v) is 6.23. The Morgan fingerprint density at radius 1 is 1.53 bits per heavy atom. The number of benzene rings is 1. The van der Waals surface area contributed by atoms with Gasteiger partial charge in [0.1, 0.15) is 6.04 Å². The van der Waals surface area contributed by atoms with Crippen LogP contribution in [0.4, 0.5) is 0 Å². The summed E-state index contributed by atoms with van der Waals surface area (Å²) in [7, 11) is -2.35. The predicted molar refractivity (Wildman–Crippen MR) is 63.1 cm³/mol. The Bertz CT molecular complexity index is 585. The van der Waals surface area contributed by atoms with Gasteiger partial charge in [-0.25, -0.2) is 8.42 Å². The molecule has 2 N–H and O–H groups in total. The highest BCUT2D eigenvalue weighted by molar-refractivity contribution is 7.89. The third-order valence-corrected chi connectivity index (χ3v) is 5.20. The second kappa shape index (κ2) is 3.97. The van der Waals surface area contributed by atoms with Crippen molar-refractivity contribution in [2.24, 2.45) is 5.73 Å². The summed E-state index contributed by atoms with van der Waals surface area (Å²) >= 11 is 5.95. The van der Waals surface area contributed by atoms with Gasteiger partial charge in [-0.3, -0.25) is 4.79 Å².